The summed E-state index contributed by atoms with van der Waals surface area (Å²) in [6, 6.07) is 10.7. The first-order valence-corrected chi connectivity index (χ1v) is 10.3. The first kappa shape index (κ1) is 20.8. The van der Waals surface area contributed by atoms with E-state index in [9.17, 15) is 22.7 Å². The molecule has 0 amide bonds. The second kappa shape index (κ2) is 8.18. The highest BCUT2D eigenvalue weighted by molar-refractivity contribution is 7.90. The normalized spacial score (nSPS) is 11.3. The molecule has 3 rings (SSSR count). The van der Waals surface area contributed by atoms with E-state index in [1.54, 1.807) is 6.07 Å². The summed E-state index contributed by atoms with van der Waals surface area (Å²) < 4.78 is 43.7. The van der Waals surface area contributed by atoms with Crippen molar-refractivity contribution in [1.29, 1.82) is 0 Å². The third-order valence-corrected chi connectivity index (χ3v) is 6.09. The van der Waals surface area contributed by atoms with Crippen LogP contribution in [0.25, 0.3) is 11.1 Å². The van der Waals surface area contributed by atoms with E-state index >= 15 is 0 Å². The second-order valence-corrected chi connectivity index (χ2v) is 8.47. The van der Waals surface area contributed by atoms with E-state index in [2.05, 4.69) is 9.72 Å². The number of sulfone groups is 1. The Balaban J connectivity index is 1.95. The Labute approximate surface area is 171 Å². The van der Waals surface area contributed by atoms with Crippen molar-refractivity contribution in [3.8, 4) is 16.9 Å². The molecule has 0 aliphatic carbocycles. The molecule has 1 heterocycles. The Morgan fingerprint density at radius 2 is 1.97 bits per heavy atom. The lowest BCUT2D eigenvalue weighted by Gasteiger charge is -2.10. The van der Waals surface area contributed by atoms with Crippen molar-refractivity contribution >= 4 is 27.4 Å². The quantitative estimate of drug-likeness (QED) is 0.480. The highest BCUT2D eigenvalue weighted by Crippen LogP contribution is 2.30. The number of rotatable bonds is 5. The number of benzene rings is 2. The zero-order chi connectivity index (χ0) is 21.2. The molecule has 150 valence electrons. The summed E-state index contributed by atoms with van der Waals surface area (Å²) in [5, 5.41) is 9.99. The number of hydrogen-bond acceptors (Lipinski definition) is 6. The number of aromatic hydroxyl groups is 1. The summed E-state index contributed by atoms with van der Waals surface area (Å²) in [6.45, 7) is 0. The van der Waals surface area contributed by atoms with Crippen molar-refractivity contribution < 1.29 is 27.4 Å². The van der Waals surface area contributed by atoms with E-state index in [4.69, 9.17) is 11.6 Å². The molecule has 29 heavy (non-hydrogen) atoms. The summed E-state index contributed by atoms with van der Waals surface area (Å²) in [7, 11) is -2.70. The number of hydrogen-bond donors (Lipinski definition) is 1. The summed E-state index contributed by atoms with van der Waals surface area (Å²) >= 11 is 6.07. The van der Waals surface area contributed by atoms with Gasteiger partial charge in [0.05, 0.1) is 17.8 Å². The third kappa shape index (κ3) is 4.55. The smallest absolute Gasteiger partial charge is 0.341 e. The summed E-state index contributed by atoms with van der Waals surface area (Å²) in [6.07, 6.45) is 1.11. The van der Waals surface area contributed by atoms with Gasteiger partial charge in [0.15, 0.2) is 9.84 Å². The molecule has 9 heteroatoms. The molecule has 0 spiro atoms. The number of phenols is 1. The lowest BCUT2D eigenvalue weighted by Crippen LogP contribution is -2.07. The van der Waals surface area contributed by atoms with Gasteiger partial charge in [0.1, 0.15) is 22.3 Å². The second-order valence-electron chi connectivity index (χ2n) is 6.12. The first-order chi connectivity index (χ1) is 13.7. The monoisotopic (exact) mass is 435 g/mol. The van der Waals surface area contributed by atoms with Gasteiger partial charge in [-0.15, -0.1) is 0 Å². The summed E-state index contributed by atoms with van der Waals surface area (Å²) in [5.74, 6) is -2.07. The van der Waals surface area contributed by atoms with Crippen LogP contribution in [-0.2, 0) is 20.3 Å². The predicted molar refractivity (Wildman–Crippen MR) is 105 cm³/mol. The van der Waals surface area contributed by atoms with Gasteiger partial charge < -0.3 is 9.84 Å². The van der Waals surface area contributed by atoms with Crippen LogP contribution in [0.4, 0.5) is 4.39 Å². The molecule has 2 aromatic carbocycles. The summed E-state index contributed by atoms with van der Waals surface area (Å²) in [4.78, 5) is 15.3. The van der Waals surface area contributed by atoms with Gasteiger partial charge in [0.25, 0.3) is 0 Å². The van der Waals surface area contributed by atoms with Crippen molar-refractivity contribution in [2.75, 3.05) is 7.11 Å². The molecule has 0 aliphatic rings. The van der Waals surface area contributed by atoms with Gasteiger partial charge in [-0.05, 0) is 41.5 Å². The number of pyridine rings is 1. The van der Waals surface area contributed by atoms with Gasteiger partial charge in [-0.25, -0.2) is 22.6 Å². The fraction of sp³-hybridized carbons (Fsp3) is 0.100. The Hall–Kier alpha value is -2.97. The zero-order valence-electron chi connectivity index (χ0n) is 15.1. The van der Waals surface area contributed by atoms with Crippen LogP contribution in [0, 0.1) is 5.82 Å². The Morgan fingerprint density at radius 1 is 1.21 bits per heavy atom. The SMILES string of the molecule is COC(=O)c1ccc(CS(=O)(=O)c2cnc(Cl)c(-c3cccc(F)c3)c2)cc1O. The van der Waals surface area contributed by atoms with E-state index in [0.717, 1.165) is 6.20 Å². The molecule has 3 aromatic rings. The number of carbonyl (C=O) groups is 1. The molecule has 6 nitrogen and oxygen atoms in total. The van der Waals surface area contributed by atoms with E-state index in [-0.39, 0.29) is 32.5 Å². The maximum atomic E-state index is 13.5. The molecule has 0 bridgehead atoms. The number of nitrogens with zero attached hydrogens (tertiary/aromatic N) is 1. The van der Waals surface area contributed by atoms with Gasteiger partial charge in [0.2, 0.25) is 0 Å². The molecule has 0 saturated heterocycles. The van der Waals surface area contributed by atoms with Crippen LogP contribution >= 0.6 is 11.6 Å². The van der Waals surface area contributed by atoms with Crippen LogP contribution in [0.15, 0.2) is 59.6 Å². The highest BCUT2D eigenvalue weighted by Gasteiger charge is 2.20. The molecule has 0 saturated carbocycles. The van der Waals surface area contributed by atoms with Crippen molar-refractivity contribution in [3.05, 3.63) is 76.8 Å². The number of esters is 1. The Morgan fingerprint density at radius 3 is 2.62 bits per heavy atom. The zero-order valence-corrected chi connectivity index (χ0v) is 16.7. The third-order valence-electron chi connectivity index (χ3n) is 4.13. The molecule has 0 fully saturated rings. The van der Waals surface area contributed by atoms with Crippen LogP contribution < -0.4 is 0 Å². The first-order valence-electron chi connectivity index (χ1n) is 8.25. The minimum Gasteiger partial charge on any atom is -0.507 e. The minimum atomic E-state index is -3.87. The van der Waals surface area contributed by atoms with Crippen LogP contribution in [0.1, 0.15) is 15.9 Å². The van der Waals surface area contributed by atoms with Crippen LogP contribution in [-0.4, -0.2) is 31.6 Å². The molecule has 0 aliphatic heterocycles. The van der Waals surface area contributed by atoms with E-state index in [1.165, 1.54) is 49.6 Å². The van der Waals surface area contributed by atoms with Crippen molar-refractivity contribution in [2.24, 2.45) is 0 Å². The van der Waals surface area contributed by atoms with Gasteiger partial charge in [-0.3, -0.25) is 0 Å². The van der Waals surface area contributed by atoms with Crippen LogP contribution in [0.5, 0.6) is 5.75 Å². The topological polar surface area (TPSA) is 93.6 Å². The highest BCUT2D eigenvalue weighted by atomic mass is 35.5. The number of phenolic OH excluding ortho intramolecular Hbond substituents is 1. The van der Waals surface area contributed by atoms with Gasteiger partial charge in [-0.2, -0.15) is 0 Å². The van der Waals surface area contributed by atoms with E-state index in [0.29, 0.717) is 5.56 Å². The van der Waals surface area contributed by atoms with E-state index in [1.807, 2.05) is 0 Å². The van der Waals surface area contributed by atoms with Crippen molar-refractivity contribution in [2.45, 2.75) is 10.6 Å². The molecule has 1 N–H and O–H groups in total. The largest absolute Gasteiger partial charge is 0.507 e. The summed E-state index contributed by atoms with van der Waals surface area (Å²) in [5.41, 5.74) is 0.850. The standard InChI is InChI=1S/C20H15ClFNO5S/c1-28-20(25)16-6-5-12(7-18(16)24)11-29(26,27)15-9-17(19(21)23-10-15)13-3-2-4-14(22)8-13/h2-10,24H,11H2,1H3. The maximum absolute atomic E-state index is 13.5. The number of ether oxygens (including phenoxy) is 1. The van der Waals surface area contributed by atoms with Gasteiger partial charge in [0, 0.05) is 11.8 Å². The fourth-order valence-corrected chi connectivity index (χ4v) is 4.22. The van der Waals surface area contributed by atoms with Crippen LogP contribution in [0.3, 0.4) is 0 Å². The Kier molecular flexibility index (Phi) is 5.86. The molecular formula is C20H15ClFNO5S. The van der Waals surface area contributed by atoms with Gasteiger partial charge >= 0.3 is 5.97 Å². The number of halogens is 2. The lowest BCUT2D eigenvalue weighted by atomic mass is 10.1. The maximum Gasteiger partial charge on any atom is 0.341 e. The predicted octanol–water partition coefficient (Wildman–Crippen LogP) is 4.01. The average Bonchev–Trinajstić information content (AvgIpc) is 2.67. The molecular weight excluding hydrogens is 421 g/mol. The number of carbonyl (C=O) groups excluding carboxylic acids is 1. The van der Waals surface area contributed by atoms with Crippen LogP contribution in [0.2, 0.25) is 5.15 Å². The number of methoxy groups -OCH3 is 1. The average molecular weight is 436 g/mol. The molecule has 0 atom stereocenters. The van der Waals surface area contributed by atoms with Crippen molar-refractivity contribution in [3.63, 3.8) is 0 Å². The van der Waals surface area contributed by atoms with Gasteiger partial charge in [-0.1, -0.05) is 29.8 Å². The molecule has 0 radical (unpaired) electrons. The molecule has 1 aromatic heterocycles. The minimum absolute atomic E-state index is 0.0367. The molecule has 0 unspecified atom stereocenters. The van der Waals surface area contributed by atoms with Crippen molar-refractivity contribution in [1.82, 2.24) is 4.98 Å². The van der Waals surface area contributed by atoms with E-state index < -0.39 is 27.4 Å². The Bertz CT molecular complexity index is 1200. The lowest BCUT2D eigenvalue weighted by molar-refractivity contribution is 0.0597. The number of aromatic nitrogens is 1. The fourth-order valence-electron chi connectivity index (χ4n) is 2.71.